The molecule has 1 saturated carbocycles. The van der Waals surface area contributed by atoms with Crippen molar-refractivity contribution in [1.82, 2.24) is 0 Å². The first-order valence-electron chi connectivity index (χ1n) is 7.07. The van der Waals surface area contributed by atoms with Crippen molar-refractivity contribution in [1.29, 1.82) is 0 Å². The molecular weight excluding hydrogens is 224 g/mol. The van der Waals surface area contributed by atoms with Crippen LogP contribution in [0.15, 0.2) is 18.2 Å². The second-order valence-corrected chi connectivity index (χ2v) is 5.52. The first kappa shape index (κ1) is 11.7. The quantitative estimate of drug-likeness (QED) is 0.830. The molecule has 1 saturated heterocycles. The van der Waals surface area contributed by atoms with Crippen LogP contribution < -0.4 is 15.4 Å². The standard InChI is InChI=1S/C15H22N2O/c1-2-8-18-14-5-3-4-13(15(14)16)17-10-11-6-7-12(17)9-11/h3-5,11-12H,2,6-10,16H2,1H3. The summed E-state index contributed by atoms with van der Waals surface area (Å²) in [4.78, 5) is 2.49. The highest BCUT2D eigenvalue weighted by Gasteiger charge is 2.38. The fourth-order valence-electron chi connectivity index (χ4n) is 3.34. The summed E-state index contributed by atoms with van der Waals surface area (Å²) in [5, 5.41) is 0. The van der Waals surface area contributed by atoms with Crippen LogP contribution >= 0.6 is 0 Å². The zero-order valence-electron chi connectivity index (χ0n) is 11.1. The van der Waals surface area contributed by atoms with Crippen molar-refractivity contribution in [2.75, 3.05) is 23.8 Å². The number of benzene rings is 1. The summed E-state index contributed by atoms with van der Waals surface area (Å²) >= 11 is 0. The number of nitrogens with two attached hydrogens (primary N) is 1. The average Bonchev–Trinajstić information content (AvgIpc) is 3.00. The van der Waals surface area contributed by atoms with Gasteiger partial charge in [0.2, 0.25) is 0 Å². The second-order valence-electron chi connectivity index (χ2n) is 5.52. The molecule has 2 unspecified atom stereocenters. The Kier molecular flexibility index (Phi) is 3.06. The molecule has 3 rings (SSSR count). The maximum Gasteiger partial charge on any atom is 0.144 e. The van der Waals surface area contributed by atoms with Crippen LogP contribution in [0.5, 0.6) is 5.75 Å². The minimum atomic E-state index is 0.707. The highest BCUT2D eigenvalue weighted by molar-refractivity contribution is 5.75. The largest absolute Gasteiger partial charge is 0.491 e. The predicted molar refractivity (Wildman–Crippen MR) is 75.1 cm³/mol. The van der Waals surface area contributed by atoms with Gasteiger partial charge in [-0.3, -0.25) is 0 Å². The molecule has 1 aliphatic carbocycles. The molecule has 2 bridgehead atoms. The summed E-state index contributed by atoms with van der Waals surface area (Å²) in [5.74, 6) is 1.73. The van der Waals surface area contributed by atoms with Crippen molar-refractivity contribution in [2.45, 2.75) is 38.6 Å². The fraction of sp³-hybridized carbons (Fsp3) is 0.600. The van der Waals surface area contributed by atoms with E-state index in [0.717, 1.165) is 30.4 Å². The van der Waals surface area contributed by atoms with E-state index < -0.39 is 0 Å². The van der Waals surface area contributed by atoms with E-state index >= 15 is 0 Å². The van der Waals surface area contributed by atoms with Gasteiger partial charge in [-0.2, -0.15) is 0 Å². The van der Waals surface area contributed by atoms with Gasteiger partial charge in [0.25, 0.3) is 0 Å². The Morgan fingerprint density at radius 1 is 1.39 bits per heavy atom. The van der Waals surface area contributed by atoms with Crippen LogP contribution in [0.4, 0.5) is 11.4 Å². The summed E-state index contributed by atoms with van der Waals surface area (Å²) in [6.45, 7) is 4.02. The Morgan fingerprint density at radius 2 is 2.28 bits per heavy atom. The third-order valence-corrected chi connectivity index (χ3v) is 4.22. The fourth-order valence-corrected chi connectivity index (χ4v) is 3.34. The van der Waals surface area contributed by atoms with Crippen molar-refractivity contribution in [3.8, 4) is 5.75 Å². The van der Waals surface area contributed by atoms with Crippen LogP contribution in [0.25, 0.3) is 0 Å². The van der Waals surface area contributed by atoms with Gasteiger partial charge in [-0.1, -0.05) is 13.0 Å². The Balaban J connectivity index is 1.83. The SMILES string of the molecule is CCCOc1cccc(N2CC3CCC2C3)c1N. The van der Waals surface area contributed by atoms with Gasteiger partial charge >= 0.3 is 0 Å². The van der Waals surface area contributed by atoms with Crippen LogP contribution in [0, 0.1) is 5.92 Å². The minimum Gasteiger partial charge on any atom is -0.491 e. The number of anilines is 2. The lowest BCUT2D eigenvalue weighted by Gasteiger charge is -2.30. The zero-order valence-corrected chi connectivity index (χ0v) is 11.1. The summed E-state index contributed by atoms with van der Waals surface area (Å²) in [6.07, 6.45) is 5.08. The molecule has 0 spiro atoms. The van der Waals surface area contributed by atoms with E-state index in [1.54, 1.807) is 0 Å². The predicted octanol–water partition coefficient (Wildman–Crippen LogP) is 3.05. The maximum absolute atomic E-state index is 6.27. The number of rotatable bonds is 4. The number of hydrogen-bond acceptors (Lipinski definition) is 3. The highest BCUT2D eigenvalue weighted by Crippen LogP contribution is 2.43. The van der Waals surface area contributed by atoms with Gasteiger partial charge in [0.1, 0.15) is 5.75 Å². The Bertz CT molecular complexity index is 433. The van der Waals surface area contributed by atoms with E-state index in [-0.39, 0.29) is 0 Å². The lowest BCUT2D eigenvalue weighted by Crippen LogP contribution is -2.32. The number of fused-ring (bicyclic) bond motifs is 2. The minimum absolute atomic E-state index is 0.707. The smallest absolute Gasteiger partial charge is 0.144 e. The monoisotopic (exact) mass is 246 g/mol. The number of nitrogens with zero attached hydrogens (tertiary/aromatic N) is 1. The van der Waals surface area contributed by atoms with E-state index in [4.69, 9.17) is 10.5 Å². The lowest BCUT2D eigenvalue weighted by molar-refractivity contribution is 0.319. The van der Waals surface area contributed by atoms with Crippen LogP contribution in [0.2, 0.25) is 0 Å². The van der Waals surface area contributed by atoms with Crippen molar-refractivity contribution in [3.63, 3.8) is 0 Å². The summed E-state index contributed by atoms with van der Waals surface area (Å²) in [6, 6.07) is 6.87. The molecule has 1 heterocycles. The Hall–Kier alpha value is -1.38. The van der Waals surface area contributed by atoms with Gasteiger partial charge < -0.3 is 15.4 Å². The van der Waals surface area contributed by atoms with Gasteiger partial charge in [-0.25, -0.2) is 0 Å². The van der Waals surface area contributed by atoms with E-state index in [1.165, 1.54) is 31.5 Å². The molecule has 1 aliphatic heterocycles. The molecule has 3 nitrogen and oxygen atoms in total. The number of piperidine rings is 1. The molecule has 2 fully saturated rings. The molecular formula is C15H22N2O. The van der Waals surface area contributed by atoms with Crippen LogP contribution in [0.1, 0.15) is 32.6 Å². The normalized spacial score (nSPS) is 25.7. The maximum atomic E-state index is 6.27. The number of ether oxygens (including phenoxy) is 1. The molecule has 2 atom stereocenters. The van der Waals surface area contributed by atoms with Crippen LogP contribution in [-0.4, -0.2) is 19.2 Å². The van der Waals surface area contributed by atoms with Gasteiger partial charge in [-0.15, -0.1) is 0 Å². The van der Waals surface area contributed by atoms with Crippen LogP contribution in [-0.2, 0) is 0 Å². The zero-order chi connectivity index (χ0) is 12.5. The molecule has 3 heteroatoms. The van der Waals surface area contributed by atoms with Gasteiger partial charge in [0, 0.05) is 12.6 Å². The van der Waals surface area contributed by atoms with E-state index in [1.807, 2.05) is 6.07 Å². The van der Waals surface area contributed by atoms with Crippen molar-refractivity contribution >= 4 is 11.4 Å². The molecule has 18 heavy (non-hydrogen) atoms. The third kappa shape index (κ3) is 1.92. The van der Waals surface area contributed by atoms with Gasteiger partial charge in [0.05, 0.1) is 18.0 Å². The average molecular weight is 246 g/mol. The number of nitrogen functional groups attached to an aromatic ring is 1. The molecule has 2 aliphatic rings. The molecule has 0 radical (unpaired) electrons. The van der Waals surface area contributed by atoms with Gasteiger partial charge in [-0.05, 0) is 43.7 Å². The second kappa shape index (κ2) is 4.71. The van der Waals surface area contributed by atoms with E-state index in [9.17, 15) is 0 Å². The van der Waals surface area contributed by atoms with E-state index in [0.29, 0.717) is 6.04 Å². The Morgan fingerprint density at radius 3 is 2.94 bits per heavy atom. The molecule has 1 aromatic carbocycles. The topological polar surface area (TPSA) is 38.5 Å². The lowest BCUT2D eigenvalue weighted by atomic mass is 10.1. The number of hydrogen-bond donors (Lipinski definition) is 1. The number of para-hydroxylation sites is 1. The van der Waals surface area contributed by atoms with Gasteiger partial charge in [0.15, 0.2) is 0 Å². The van der Waals surface area contributed by atoms with Crippen molar-refractivity contribution in [3.05, 3.63) is 18.2 Å². The summed E-state index contributed by atoms with van der Waals surface area (Å²) in [7, 11) is 0. The molecule has 1 aromatic rings. The first-order chi connectivity index (χ1) is 8.79. The van der Waals surface area contributed by atoms with Crippen LogP contribution in [0.3, 0.4) is 0 Å². The summed E-state index contributed by atoms with van der Waals surface area (Å²) < 4.78 is 5.71. The van der Waals surface area contributed by atoms with Crippen molar-refractivity contribution in [2.24, 2.45) is 5.92 Å². The summed E-state index contributed by atoms with van der Waals surface area (Å²) in [5.41, 5.74) is 8.26. The molecule has 98 valence electrons. The molecule has 0 amide bonds. The highest BCUT2D eigenvalue weighted by atomic mass is 16.5. The Labute approximate surface area is 109 Å². The third-order valence-electron chi connectivity index (χ3n) is 4.22. The van der Waals surface area contributed by atoms with E-state index in [2.05, 4.69) is 24.0 Å². The first-order valence-corrected chi connectivity index (χ1v) is 7.07. The van der Waals surface area contributed by atoms with Crippen molar-refractivity contribution < 1.29 is 4.74 Å². The molecule has 0 aromatic heterocycles. The molecule has 2 N–H and O–H groups in total.